The Morgan fingerprint density at radius 1 is 0.921 bits per heavy atom. The lowest BCUT2D eigenvalue weighted by Crippen LogP contribution is -2.39. The molecular weight excluding hydrogens is 480 g/mol. The number of hydrogen-bond donors (Lipinski definition) is 4. The molecule has 8 unspecified atom stereocenters. The van der Waals surface area contributed by atoms with Crippen molar-refractivity contribution >= 4 is 5.97 Å². The summed E-state index contributed by atoms with van der Waals surface area (Å²) in [4.78, 5) is 11.0. The first-order valence-corrected chi connectivity index (χ1v) is 15.4. The molecule has 6 nitrogen and oxygen atoms in total. The van der Waals surface area contributed by atoms with Crippen LogP contribution in [0.3, 0.4) is 0 Å². The Morgan fingerprint density at radius 3 is 2.03 bits per heavy atom. The van der Waals surface area contributed by atoms with E-state index in [2.05, 4.69) is 27.7 Å². The van der Waals surface area contributed by atoms with Crippen molar-refractivity contribution in [2.75, 3.05) is 6.61 Å². The van der Waals surface area contributed by atoms with Gasteiger partial charge in [-0.2, -0.15) is 0 Å². The molecule has 224 valence electrons. The third kappa shape index (κ3) is 13.4. The van der Waals surface area contributed by atoms with E-state index in [1.807, 2.05) is 19.9 Å². The summed E-state index contributed by atoms with van der Waals surface area (Å²) in [7, 11) is 0. The highest BCUT2D eigenvalue weighted by Gasteiger charge is 2.34. The number of aliphatic carboxylic acids is 1. The Kier molecular flexibility index (Phi) is 15.7. The van der Waals surface area contributed by atoms with Crippen LogP contribution in [0, 0.1) is 23.7 Å². The number of rotatable bonds is 20. The number of aliphatic hydroxyl groups is 3. The first-order chi connectivity index (χ1) is 17.7. The maximum absolute atomic E-state index is 11.0. The van der Waals surface area contributed by atoms with E-state index in [9.17, 15) is 20.1 Å². The fraction of sp³-hybridized carbons (Fsp3) is 0.906. The first kappa shape index (κ1) is 35.1. The van der Waals surface area contributed by atoms with Crippen LogP contribution in [0.1, 0.15) is 132 Å². The number of carboxylic acid groups (broad SMARTS) is 1. The SMILES string of the molecule is CCCCOC1C(CCC(C)CCCC(C)(O)CCCC(C)(O)CCCC(C)C(=O)O)=CC(O)C(C)C1C. The van der Waals surface area contributed by atoms with Gasteiger partial charge in [0.1, 0.15) is 0 Å². The fourth-order valence-corrected chi connectivity index (χ4v) is 5.63. The van der Waals surface area contributed by atoms with Crippen molar-refractivity contribution in [3.8, 4) is 0 Å². The molecule has 0 aromatic carbocycles. The smallest absolute Gasteiger partial charge is 0.306 e. The molecule has 1 aliphatic rings. The van der Waals surface area contributed by atoms with E-state index >= 15 is 0 Å². The van der Waals surface area contributed by atoms with Gasteiger partial charge in [0.25, 0.3) is 0 Å². The Hall–Kier alpha value is -0.950. The maximum Gasteiger partial charge on any atom is 0.306 e. The van der Waals surface area contributed by atoms with E-state index in [0.717, 1.165) is 58.0 Å². The fourth-order valence-electron chi connectivity index (χ4n) is 5.63. The molecule has 0 aromatic heterocycles. The summed E-state index contributed by atoms with van der Waals surface area (Å²) < 4.78 is 6.27. The molecule has 0 fully saturated rings. The van der Waals surface area contributed by atoms with Gasteiger partial charge in [-0.3, -0.25) is 4.79 Å². The molecular formula is C32H60O6. The second-order valence-corrected chi connectivity index (χ2v) is 13.1. The molecule has 8 atom stereocenters. The van der Waals surface area contributed by atoms with Crippen molar-refractivity contribution in [2.45, 2.75) is 155 Å². The van der Waals surface area contributed by atoms with E-state index in [4.69, 9.17) is 9.84 Å². The van der Waals surface area contributed by atoms with Crippen LogP contribution in [0.4, 0.5) is 0 Å². The molecule has 0 amide bonds. The van der Waals surface area contributed by atoms with Crippen molar-refractivity contribution in [2.24, 2.45) is 23.7 Å². The van der Waals surface area contributed by atoms with Crippen LogP contribution in [0.2, 0.25) is 0 Å². The lowest BCUT2D eigenvalue weighted by Gasteiger charge is -2.38. The van der Waals surface area contributed by atoms with Gasteiger partial charge in [0, 0.05) is 6.61 Å². The Morgan fingerprint density at radius 2 is 1.47 bits per heavy atom. The van der Waals surface area contributed by atoms with Crippen LogP contribution >= 0.6 is 0 Å². The standard InChI is InChI=1S/C32H60O6/c1-8-9-21-38-29-26(5)25(4)28(33)22-27(29)16-15-23(2)13-10-17-31(6,36)19-12-20-32(7,37)18-11-14-24(3)30(34)35/h22-26,28-29,33,36-37H,8-21H2,1-7H3,(H,34,35). The van der Waals surface area contributed by atoms with Crippen LogP contribution in [-0.2, 0) is 9.53 Å². The van der Waals surface area contributed by atoms with Crippen LogP contribution in [-0.4, -0.2) is 56.4 Å². The third-order valence-electron chi connectivity index (χ3n) is 8.93. The zero-order valence-corrected chi connectivity index (χ0v) is 25.5. The molecule has 0 aromatic rings. The predicted octanol–water partition coefficient (Wildman–Crippen LogP) is 6.89. The monoisotopic (exact) mass is 540 g/mol. The molecule has 1 rings (SSSR count). The number of ether oxygens (including phenoxy) is 1. The van der Waals surface area contributed by atoms with Gasteiger partial charge in [0.2, 0.25) is 0 Å². The molecule has 6 heteroatoms. The minimum absolute atomic E-state index is 0.102. The maximum atomic E-state index is 11.0. The van der Waals surface area contributed by atoms with Crippen LogP contribution in [0.15, 0.2) is 11.6 Å². The molecule has 0 saturated carbocycles. The van der Waals surface area contributed by atoms with E-state index < -0.39 is 23.3 Å². The normalized spacial score (nSPS) is 26.7. The van der Waals surface area contributed by atoms with Crippen LogP contribution in [0.5, 0.6) is 0 Å². The quantitative estimate of drug-likeness (QED) is 0.0989. The molecule has 4 N–H and O–H groups in total. The Balaban J connectivity index is 2.39. The predicted molar refractivity (Wildman–Crippen MR) is 155 cm³/mol. The van der Waals surface area contributed by atoms with Gasteiger partial charge in [-0.1, -0.05) is 60.0 Å². The van der Waals surface area contributed by atoms with E-state index in [1.165, 1.54) is 5.57 Å². The molecule has 0 heterocycles. The number of carboxylic acids is 1. The van der Waals surface area contributed by atoms with E-state index in [-0.39, 0.29) is 17.9 Å². The lowest BCUT2D eigenvalue weighted by atomic mass is 9.76. The zero-order chi connectivity index (χ0) is 28.9. The van der Waals surface area contributed by atoms with Crippen LogP contribution in [0.25, 0.3) is 0 Å². The second kappa shape index (κ2) is 17.0. The molecule has 0 saturated heterocycles. The summed E-state index contributed by atoms with van der Waals surface area (Å²) in [6, 6.07) is 0. The Bertz CT molecular complexity index is 700. The number of hydrogen-bond acceptors (Lipinski definition) is 5. The summed E-state index contributed by atoms with van der Waals surface area (Å²) in [5.74, 6) is -0.128. The lowest BCUT2D eigenvalue weighted by molar-refractivity contribution is -0.141. The largest absolute Gasteiger partial charge is 0.481 e. The number of carbonyl (C=O) groups is 1. The summed E-state index contributed by atoms with van der Waals surface area (Å²) in [5.41, 5.74) is -0.312. The first-order valence-electron chi connectivity index (χ1n) is 15.4. The minimum atomic E-state index is -0.822. The minimum Gasteiger partial charge on any atom is -0.481 e. The highest BCUT2D eigenvalue weighted by molar-refractivity contribution is 5.69. The van der Waals surface area contributed by atoms with E-state index in [1.54, 1.807) is 6.92 Å². The molecule has 0 spiro atoms. The van der Waals surface area contributed by atoms with Gasteiger partial charge in [-0.15, -0.1) is 0 Å². The highest BCUT2D eigenvalue weighted by atomic mass is 16.5. The van der Waals surface area contributed by atoms with E-state index in [0.29, 0.717) is 43.9 Å². The van der Waals surface area contributed by atoms with Crippen LogP contribution < -0.4 is 0 Å². The summed E-state index contributed by atoms with van der Waals surface area (Å²) in [6.07, 6.45) is 12.5. The van der Waals surface area contributed by atoms with Gasteiger partial charge >= 0.3 is 5.97 Å². The number of aliphatic hydroxyl groups excluding tert-OH is 1. The topological polar surface area (TPSA) is 107 Å². The van der Waals surface area contributed by atoms with Gasteiger partial charge in [-0.05, 0) is 101 Å². The highest BCUT2D eigenvalue weighted by Crippen LogP contribution is 2.35. The molecule has 1 aliphatic carbocycles. The van der Waals surface area contributed by atoms with Crippen molar-refractivity contribution in [1.29, 1.82) is 0 Å². The third-order valence-corrected chi connectivity index (χ3v) is 8.93. The van der Waals surface area contributed by atoms with Crippen molar-refractivity contribution in [3.05, 3.63) is 11.6 Å². The average molecular weight is 541 g/mol. The molecule has 0 aliphatic heterocycles. The number of unbranched alkanes of at least 4 members (excludes halogenated alkanes) is 1. The molecule has 38 heavy (non-hydrogen) atoms. The second-order valence-electron chi connectivity index (χ2n) is 13.1. The summed E-state index contributed by atoms with van der Waals surface area (Å²) >= 11 is 0. The van der Waals surface area contributed by atoms with Crippen molar-refractivity contribution in [3.63, 3.8) is 0 Å². The zero-order valence-electron chi connectivity index (χ0n) is 25.5. The van der Waals surface area contributed by atoms with Gasteiger partial charge < -0.3 is 25.2 Å². The van der Waals surface area contributed by atoms with Gasteiger partial charge in [-0.25, -0.2) is 0 Å². The van der Waals surface area contributed by atoms with Gasteiger partial charge in [0.05, 0.1) is 29.3 Å². The molecule has 0 radical (unpaired) electrons. The summed E-state index contributed by atoms with van der Waals surface area (Å²) in [6.45, 7) is 14.9. The summed E-state index contributed by atoms with van der Waals surface area (Å²) in [5, 5.41) is 41.1. The van der Waals surface area contributed by atoms with Crippen molar-refractivity contribution in [1.82, 2.24) is 0 Å². The molecule has 0 bridgehead atoms. The van der Waals surface area contributed by atoms with Crippen molar-refractivity contribution < 1.29 is 30.0 Å². The van der Waals surface area contributed by atoms with Gasteiger partial charge in [0.15, 0.2) is 0 Å². The Labute approximate surface area is 233 Å². The average Bonchev–Trinajstić information content (AvgIpc) is 2.82.